The van der Waals surface area contributed by atoms with Crippen molar-refractivity contribution in [3.05, 3.63) is 24.7 Å². The molecule has 0 bridgehead atoms. The maximum absolute atomic E-state index is 5.29. The van der Waals surface area contributed by atoms with Crippen LogP contribution in [-0.4, -0.2) is 0 Å². The van der Waals surface area contributed by atoms with Crippen LogP contribution in [0.2, 0.25) is 0 Å². The van der Waals surface area contributed by atoms with Gasteiger partial charge in [-0.25, -0.2) is 0 Å². The van der Waals surface area contributed by atoms with Crippen molar-refractivity contribution < 1.29 is 4.74 Å². The Hall–Kier alpha value is -0.720. The van der Waals surface area contributed by atoms with Gasteiger partial charge < -0.3 is 4.74 Å². The highest BCUT2D eigenvalue weighted by Gasteiger charge is 1.85. The minimum atomic E-state index is 1.14. The van der Waals surface area contributed by atoms with Gasteiger partial charge in [-0.3, -0.25) is 0 Å². The van der Waals surface area contributed by atoms with Crippen LogP contribution in [0.1, 0.15) is 78.1 Å². The van der Waals surface area contributed by atoms with Gasteiger partial charge in [0.1, 0.15) is 0 Å². The topological polar surface area (TPSA) is 9.23 Å². The van der Waals surface area contributed by atoms with Crippen molar-refractivity contribution in [3.8, 4) is 0 Å². The highest BCUT2D eigenvalue weighted by atomic mass is 16.5. The second-order valence-corrected chi connectivity index (χ2v) is 4.58. The average molecular weight is 238 g/mol. The normalized spacial score (nSPS) is 11.6. The standard InChI is InChI=1S/C16H30O/c1-3-5-7-9-11-13-15-17-16-14-12-10-8-6-4-2/h13-16H,3-12H2,1-2H3/b15-13+,16-14+. The number of hydrogen-bond donors (Lipinski definition) is 0. The molecule has 0 saturated heterocycles. The van der Waals surface area contributed by atoms with Crippen LogP contribution in [0.25, 0.3) is 0 Å². The lowest BCUT2D eigenvalue weighted by molar-refractivity contribution is 0.398. The van der Waals surface area contributed by atoms with Crippen molar-refractivity contribution in [1.29, 1.82) is 0 Å². The van der Waals surface area contributed by atoms with E-state index >= 15 is 0 Å². The third-order valence-corrected chi connectivity index (χ3v) is 2.80. The molecule has 0 aliphatic carbocycles. The number of allylic oxidation sites excluding steroid dienone is 2. The fourth-order valence-corrected chi connectivity index (χ4v) is 1.67. The maximum Gasteiger partial charge on any atom is 0.0861 e. The predicted molar refractivity (Wildman–Crippen MR) is 76.9 cm³/mol. The second kappa shape index (κ2) is 15.3. The maximum atomic E-state index is 5.29. The van der Waals surface area contributed by atoms with E-state index in [0.29, 0.717) is 0 Å². The molecule has 0 aliphatic heterocycles. The molecule has 0 fully saturated rings. The molecule has 0 saturated carbocycles. The van der Waals surface area contributed by atoms with Crippen LogP contribution in [0, 0.1) is 0 Å². The Morgan fingerprint density at radius 2 is 1.12 bits per heavy atom. The van der Waals surface area contributed by atoms with Crippen LogP contribution < -0.4 is 0 Å². The quantitative estimate of drug-likeness (QED) is 0.300. The van der Waals surface area contributed by atoms with Gasteiger partial charge in [-0.2, -0.15) is 0 Å². The summed E-state index contributed by atoms with van der Waals surface area (Å²) in [5, 5.41) is 0. The Morgan fingerprint density at radius 3 is 1.53 bits per heavy atom. The van der Waals surface area contributed by atoms with Crippen molar-refractivity contribution in [3.63, 3.8) is 0 Å². The van der Waals surface area contributed by atoms with Gasteiger partial charge in [0.25, 0.3) is 0 Å². The van der Waals surface area contributed by atoms with Crippen molar-refractivity contribution >= 4 is 0 Å². The zero-order valence-electron chi connectivity index (χ0n) is 11.8. The average Bonchev–Trinajstić information content (AvgIpc) is 2.35. The van der Waals surface area contributed by atoms with Gasteiger partial charge in [-0.15, -0.1) is 0 Å². The molecule has 0 spiro atoms. The SMILES string of the molecule is CCCCCC/C=C/O/C=C/CCCCCC. The Morgan fingerprint density at radius 1 is 0.647 bits per heavy atom. The molecule has 17 heavy (non-hydrogen) atoms. The molecule has 0 aromatic carbocycles. The molecule has 0 aliphatic rings. The van der Waals surface area contributed by atoms with Gasteiger partial charge in [-0.1, -0.05) is 52.4 Å². The Bertz CT molecular complexity index is 162. The summed E-state index contributed by atoms with van der Waals surface area (Å²) >= 11 is 0. The number of unbranched alkanes of at least 4 members (excludes halogenated alkanes) is 8. The third-order valence-electron chi connectivity index (χ3n) is 2.80. The van der Waals surface area contributed by atoms with Gasteiger partial charge in [0.2, 0.25) is 0 Å². The molecule has 0 N–H and O–H groups in total. The van der Waals surface area contributed by atoms with Crippen LogP contribution in [0.4, 0.5) is 0 Å². The minimum Gasteiger partial charge on any atom is -0.473 e. The van der Waals surface area contributed by atoms with E-state index in [-0.39, 0.29) is 0 Å². The fraction of sp³-hybridized carbons (Fsp3) is 0.750. The summed E-state index contributed by atoms with van der Waals surface area (Å²) in [5.74, 6) is 0. The van der Waals surface area contributed by atoms with Crippen molar-refractivity contribution in [2.24, 2.45) is 0 Å². The predicted octanol–water partition coefficient (Wildman–Crippen LogP) is 5.97. The van der Waals surface area contributed by atoms with Gasteiger partial charge in [0.05, 0.1) is 12.5 Å². The molecule has 0 amide bonds. The summed E-state index contributed by atoms with van der Waals surface area (Å²) in [7, 11) is 0. The van der Waals surface area contributed by atoms with Crippen LogP contribution in [0.15, 0.2) is 24.7 Å². The van der Waals surface area contributed by atoms with E-state index in [0.717, 1.165) is 12.8 Å². The summed E-state index contributed by atoms with van der Waals surface area (Å²) in [5.41, 5.74) is 0. The molecule has 1 heteroatoms. The Balaban J connectivity index is 3.14. The molecule has 0 heterocycles. The summed E-state index contributed by atoms with van der Waals surface area (Å²) in [4.78, 5) is 0. The molecule has 0 aromatic heterocycles. The first-order valence-electron chi connectivity index (χ1n) is 7.37. The van der Waals surface area contributed by atoms with E-state index < -0.39 is 0 Å². The third kappa shape index (κ3) is 15.3. The smallest absolute Gasteiger partial charge is 0.0861 e. The zero-order valence-corrected chi connectivity index (χ0v) is 11.8. The minimum absolute atomic E-state index is 1.14. The number of ether oxygens (including phenoxy) is 1. The van der Waals surface area contributed by atoms with E-state index in [2.05, 4.69) is 26.0 Å². The van der Waals surface area contributed by atoms with E-state index in [1.807, 2.05) is 12.5 Å². The molecule has 100 valence electrons. The van der Waals surface area contributed by atoms with E-state index in [4.69, 9.17) is 4.74 Å². The summed E-state index contributed by atoms with van der Waals surface area (Å²) in [6, 6.07) is 0. The zero-order chi connectivity index (χ0) is 12.6. The monoisotopic (exact) mass is 238 g/mol. The Kier molecular flexibility index (Phi) is 14.6. The second-order valence-electron chi connectivity index (χ2n) is 4.58. The van der Waals surface area contributed by atoms with E-state index in [1.54, 1.807) is 0 Å². The van der Waals surface area contributed by atoms with Gasteiger partial charge >= 0.3 is 0 Å². The molecular formula is C16H30O. The highest BCUT2D eigenvalue weighted by Crippen LogP contribution is 2.04. The van der Waals surface area contributed by atoms with Crippen molar-refractivity contribution in [2.45, 2.75) is 78.1 Å². The van der Waals surface area contributed by atoms with E-state index in [9.17, 15) is 0 Å². The Labute approximate surface area is 108 Å². The fourth-order valence-electron chi connectivity index (χ4n) is 1.67. The highest BCUT2D eigenvalue weighted by molar-refractivity contribution is 4.79. The lowest BCUT2D eigenvalue weighted by atomic mass is 10.1. The van der Waals surface area contributed by atoms with Crippen LogP contribution in [0.5, 0.6) is 0 Å². The lowest BCUT2D eigenvalue weighted by Gasteiger charge is -1.95. The molecule has 1 nitrogen and oxygen atoms in total. The first-order chi connectivity index (χ1) is 8.41. The first kappa shape index (κ1) is 16.3. The van der Waals surface area contributed by atoms with Crippen molar-refractivity contribution in [2.75, 3.05) is 0 Å². The van der Waals surface area contributed by atoms with Crippen LogP contribution in [0.3, 0.4) is 0 Å². The molecular weight excluding hydrogens is 208 g/mol. The molecule has 0 unspecified atom stereocenters. The summed E-state index contributed by atoms with van der Waals surface area (Å²) in [6.45, 7) is 4.48. The summed E-state index contributed by atoms with van der Waals surface area (Å²) in [6.07, 6.45) is 20.7. The number of rotatable bonds is 12. The lowest BCUT2D eigenvalue weighted by Crippen LogP contribution is -1.75. The van der Waals surface area contributed by atoms with Gasteiger partial charge in [-0.05, 0) is 37.8 Å². The molecule has 0 rings (SSSR count). The van der Waals surface area contributed by atoms with Crippen molar-refractivity contribution in [1.82, 2.24) is 0 Å². The number of hydrogen-bond acceptors (Lipinski definition) is 1. The molecule has 0 atom stereocenters. The first-order valence-corrected chi connectivity index (χ1v) is 7.37. The van der Waals surface area contributed by atoms with Crippen LogP contribution in [-0.2, 0) is 4.74 Å². The summed E-state index contributed by atoms with van der Waals surface area (Å²) < 4.78 is 5.29. The molecule has 0 aromatic rings. The van der Waals surface area contributed by atoms with Gasteiger partial charge in [0.15, 0.2) is 0 Å². The van der Waals surface area contributed by atoms with Crippen LogP contribution >= 0.6 is 0 Å². The van der Waals surface area contributed by atoms with E-state index in [1.165, 1.54) is 51.4 Å². The van der Waals surface area contributed by atoms with Gasteiger partial charge in [0, 0.05) is 0 Å². The molecule has 0 radical (unpaired) electrons. The largest absolute Gasteiger partial charge is 0.473 e.